The number of carbonyl (C=O) groups excluding carboxylic acids is 1. The third-order valence-corrected chi connectivity index (χ3v) is 4.47. The van der Waals surface area contributed by atoms with Crippen molar-refractivity contribution < 1.29 is 9.53 Å². The van der Waals surface area contributed by atoms with Gasteiger partial charge in [-0.25, -0.2) is 4.79 Å². The summed E-state index contributed by atoms with van der Waals surface area (Å²) in [5, 5.41) is 3.40. The van der Waals surface area contributed by atoms with Gasteiger partial charge < -0.3 is 10.1 Å². The van der Waals surface area contributed by atoms with Gasteiger partial charge in [-0.05, 0) is 43.7 Å². The summed E-state index contributed by atoms with van der Waals surface area (Å²) < 4.78 is 5.51. The Morgan fingerprint density at radius 1 is 1.35 bits per heavy atom. The molecule has 0 saturated carbocycles. The maximum Gasteiger partial charge on any atom is 0.337 e. The molecule has 0 radical (unpaired) electrons. The quantitative estimate of drug-likeness (QED) is 0.834. The fourth-order valence-electron chi connectivity index (χ4n) is 1.89. The summed E-state index contributed by atoms with van der Waals surface area (Å²) in [6, 6.07) is 9.50. The predicted octanol–water partition coefficient (Wildman–Crippen LogP) is 4.67. The molecule has 20 heavy (non-hydrogen) atoms. The number of esters is 1. The van der Waals surface area contributed by atoms with Gasteiger partial charge in [0, 0.05) is 10.6 Å². The SMILES string of the molecule is COC(=O)c1ccc(C)c(NC(C)c2ccc(Cl)s2)c1. The van der Waals surface area contributed by atoms with E-state index in [-0.39, 0.29) is 12.0 Å². The molecule has 106 valence electrons. The first kappa shape index (κ1) is 14.9. The van der Waals surface area contributed by atoms with Gasteiger partial charge >= 0.3 is 5.97 Å². The highest BCUT2D eigenvalue weighted by Crippen LogP contribution is 2.30. The largest absolute Gasteiger partial charge is 0.465 e. The minimum absolute atomic E-state index is 0.124. The van der Waals surface area contributed by atoms with E-state index >= 15 is 0 Å². The number of anilines is 1. The maximum absolute atomic E-state index is 11.6. The van der Waals surface area contributed by atoms with Gasteiger partial charge in [-0.1, -0.05) is 17.7 Å². The van der Waals surface area contributed by atoms with Crippen molar-refractivity contribution in [1.29, 1.82) is 0 Å². The summed E-state index contributed by atoms with van der Waals surface area (Å²) in [5.41, 5.74) is 2.54. The summed E-state index contributed by atoms with van der Waals surface area (Å²) in [5.74, 6) is -0.333. The monoisotopic (exact) mass is 309 g/mol. The van der Waals surface area contributed by atoms with Gasteiger partial charge in [0.05, 0.1) is 23.1 Å². The van der Waals surface area contributed by atoms with Gasteiger partial charge in [-0.15, -0.1) is 11.3 Å². The number of thiophene rings is 1. The zero-order valence-electron chi connectivity index (χ0n) is 11.6. The van der Waals surface area contributed by atoms with E-state index in [4.69, 9.17) is 16.3 Å². The Bertz CT molecular complexity index is 624. The average molecular weight is 310 g/mol. The van der Waals surface area contributed by atoms with Crippen LogP contribution >= 0.6 is 22.9 Å². The predicted molar refractivity (Wildman–Crippen MR) is 83.9 cm³/mol. The third-order valence-electron chi connectivity index (χ3n) is 3.05. The smallest absolute Gasteiger partial charge is 0.337 e. The van der Waals surface area contributed by atoms with Crippen LogP contribution in [0.3, 0.4) is 0 Å². The van der Waals surface area contributed by atoms with Crippen LogP contribution in [0.4, 0.5) is 5.69 Å². The second-order valence-electron chi connectivity index (χ2n) is 4.53. The van der Waals surface area contributed by atoms with Crippen LogP contribution in [0.2, 0.25) is 4.34 Å². The fourth-order valence-corrected chi connectivity index (χ4v) is 2.95. The molecular formula is C15H16ClNO2S. The molecule has 1 atom stereocenters. The summed E-state index contributed by atoms with van der Waals surface area (Å²) in [6.45, 7) is 4.06. The Morgan fingerprint density at radius 2 is 2.10 bits per heavy atom. The van der Waals surface area contributed by atoms with E-state index < -0.39 is 0 Å². The Morgan fingerprint density at radius 3 is 2.70 bits per heavy atom. The number of carbonyl (C=O) groups is 1. The molecule has 0 spiro atoms. The molecular weight excluding hydrogens is 294 g/mol. The summed E-state index contributed by atoms with van der Waals surface area (Å²) in [7, 11) is 1.38. The number of hydrogen-bond donors (Lipinski definition) is 1. The lowest BCUT2D eigenvalue weighted by Crippen LogP contribution is -2.08. The average Bonchev–Trinajstić information content (AvgIpc) is 2.87. The van der Waals surface area contributed by atoms with E-state index in [1.807, 2.05) is 31.2 Å². The Kier molecular flexibility index (Phi) is 4.68. The molecule has 0 fully saturated rings. The van der Waals surface area contributed by atoms with E-state index in [0.29, 0.717) is 5.56 Å². The van der Waals surface area contributed by atoms with Crippen molar-refractivity contribution in [3.05, 3.63) is 50.7 Å². The molecule has 0 aliphatic carbocycles. The van der Waals surface area contributed by atoms with Gasteiger partial charge in [0.25, 0.3) is 0 Å². The van der Waals surface area contributed by atoms with Crippen LogP contribution in [0, 0.1) is 6.92 Å². The number of nitrogens with one attached hydrogen (secondary N) is 1. The molecule has 2 rings (SSSR count). The molecule has 0 bridgehead atoms. The standard InChI is InChI=1S/C15H16ClNO2S/c1-9-4-5-11(15(18)19-3)8-12(9)17-10(2)13-6-7-14(16)20-13/h4-8,10,17H,1-3H3. The lowest BCUT2D eigenvalue weighted by Gasteiger charge is -2.16. The second kappa shape index (κ2) is 6.29. The molecule has 1 unspecified atom stereocenters. The van der Waals surface area contributed by atoms with Gasteiger partial charge in [0.1, 0.15) is 0 Å². The van der Waals surface area contributed by atoms with Gasteiger partial charge in [0.2, 0.25) is 0 Å². The van der Waals surface area contributed by atoms with Crippen molar-refractivity contribution in [1.82, 2.24) is 0 Å². The van der Waals surface area contributed by atoms with Crippen LogP contribution in [0.25, 0.3) is 0 Å². The molecule has 1 N–H and O–H groups in total. The normalized spacial score (nSPS) is 12.0. The number of hydrogen-bond acceptors (Lipinski definition) is 4. The molecule has 5 heteroatoms. The zero-order valence-corrected chi connectivity index (χ0v) is 13.1. The zero-order chi connectivity index (χ0) is 14.7. The van der Waals surface area contributed by atoms with Crippen LogP contribution in [0.5, 0.6) is 0 Å². The van der Waals surface area contributed by atoms with Crippen molar-refractivity contribution in [2.24, 2.45) is 0 Å². The molecule has 0 saturated heterocycles. The third kappa shape index (κ3) is 3.32. The van der Waals surface area contributed by atoms with Gasteiger partial charge in [0.15, 0.2) is 0 Å². The summed E-state index contributed by atoms with van der Waals surface area (Å²) in [6.07, 6.45) is 0. The van der Waals surface area contributed by atoms with Crippen LogP contribution in [-0.4, -0.2) is 13.1 Å². The van der Waals surface area contributed by atoms with E-state index in [9.17, 15) is 4.79 Å². The Balaban J connectivity index is 2.22. The summed E-state index contributed by atoms with van der Waals surface area (Å²) >= 11 is 7.50. The lowest BCUT2D eigenvalue weighted by atomic mass is 10.1. The number of benzene rings is 1. The van der Waals surface area contributed by atoms with Crippen molar-refractivity contribution in [2.45, 2.75) is 19.9 Å². The van der Waals surface area contributed by atoms with Crippen LogP contribution in [0.15, 0.2) is 30.3 Å². The molecule has 3 nitrogen and oxygen atoms in total. The second-order valence-corrected chi connectivity index (χ2v) is 6.28. The number of aryl methyl sites for hydroxylation is 1. The first-order valence-electron chi connectivity index (χ1n) is 6.22. The van der Waals surface area contributed by atoms with Crippen molar-refractivity contribution in [3.8, 4) is 0 Å². The number of ether oxygens (including phenoxy) is 1. The van der Waals surface area contributed by atoms with Crippen molar-refractivity contribution in [2.75, 3.05) is 12.4 Å². The topological polar surface area (TPSA) is 38.3 Å². The summed E-state index contributed by atoms with van der Waals surface area (Å²) in [4.78, 5) is 12.7. The lowest BCUT2D eigenvalue weighted by molar-refractivity contribution is 0.0601. The molecule has 0 aliphatic rings. The van der Waals surface area contributed by atoms with Crippen LogP contribution in [-0.2, 0) is 4.74 Å². The number of methoxy groups -OCH3 is 1. The maximum atomic E-state index is 11.6. The van der Waals surface area contributed by atoms with Crippen LogP contribution < -0.4 is 5.32 Å². The van der Waals surface area contributed by atoms with E-state index in [2.05, 4.69) is 12.2 Å². The molecule has 0 amide bonds. The minimum atomic E-state index is -0.333. The van der Waals surface area contributed by atoms with Gasteiger partial charge in [-0.2, -0.15) is 0 Å². The van der Waals surface area contributed by atoms with Crippen molar-refractivity contribution >= 4 is 34.6 Å². The van der Waals surface area contributed by atoms with E-state index in [1.165, 1.54) is 7.11 Å². The molecule has 2 aromatic rings. The highest BCUT2D eigenvalue weighted by atomic mass is 35.5. The Hall–Kier alpha value is -1.52. The first-order chi connectivity index (χ1) is 9.51. The molecule has 1 aromatic carbocycles. The number of halogens is 1. The Labute approximate surface area is 127 Å². The first-order valence-corrected chi connectivity index (χ1v) is 7.41. The minimum Gasteiger partial charge on any atom is -0.465 e. The molecule has 1 heterocycles. The fraction of sp³-hybridized carbons (Fsp3) is 0.267. The van der Waals surface area contributed by atoms with E-state index in [0.717, 1.165) is 20.5 Å². The highest BCUT2D eigenvalue weighted by molar-refractivity contribution is 7.16. The van der Waals surface area contributed by atoms with E-state index in [1.54, 1.807) is 17.4 Å². The van der Waals surface area contributed by atoms with Crippen molar-refractivity contribution in [3.63, 3.8) is 0 Å². The highest BCUT2D eigenvalue weighted by Gasteiger charge is 2.12. The molecule has 1 aromatic heterocycles. The molecule has 0 aliphatic heterocycles. The van der Waals surface area contributed by atoms with Crippen LogP contribution in [0.1, 0.15) is 33.8 Å². The van der Waals surface area contributed by atoms with Gasteiger partial charge in [-0.3, -0.25) is 0 Å². The number of rotatable bonds is 4.